The fourth-order valence-electron chi connectivity index (χ4n) is 1.43. The summed E-state index contributed by atoms with van der Waals surface area (Å²) in [4.78, 5) is 0. The first kappa shape index (κ1) is 9.01. The van der Waals surface area contributed by atoms with Gasteiger partial charge in [-0.3, -0.25) is 0 Å². The number of hydrogen-bond acceptors (Lipinski definition) is 2. The highest BCUT2D eigenvalue weighted by atomic mass is 16.3. The number of rotatable bonds is 4. The van der Waals surface area contributed by atoms with E-state index in [1.54, 1.807) is 0 Å². The lowest BCUT2D eigenvalue weighted by Crippen LogP contribution is -2.59. The Morgan fingerprint density at radius 2 is 2.09 bits per heavy atom. The molecule has 2 nitrogen and oxygen atoms in total. The molecular formula is C9H19NO. The van der Waals surface area contributed by atoms with E-state index in [4.69, 9.17) is 0 Å². The van der Waals surface area contributed by atoms with Crippen molar-refractivity contribution in [1.29, 1.82) is 0 Å². The van der Waals surface area contributed by atoms with Gasteiger partial charge in [-0.05, 0) is 12.3 Å². The summed E-state index contributed by atoms with van der Waals surface area (Å²) in [5.74, 6) is 0.770. The fraction of sp³-hybridized carbons (Fsp3) is 1.00. The lowest BCUT2D eigenvalue weighted by Gasteiger charge is -2.37. The minimum Gasteiger partial charge on any atom is -0.387 e. The predicted molar refractivity (Wildman–Crippen MR) is 46.5 cm³/mol. The third-order valence-corrected chi connectivity index (χ3v) is 2.33. The first-order valence-electron chi connectivity index (χ1n) is 4.55. The number of nitrogens with one attached hydrogen (secondary N) is 1. The third-order valence-electron chi connectivity index (χ3n) is 2.33. The van der Waals surface area contributed by atoms with Crippen molar-refractivity contribution in [3.63, 3.8) is 0 Å². The first-order chi connectivity index (χ1) is 5.12. The molecule has 0 aromatic carbocycles. The van der Waals surface area contributed by atoms with Crippen molar-refractivity contribution in [3.8, 4) is 0 Å². The van der Waals surface area contributed by atoms with Gasteiger partial charge in [0.15, 0.2) is 0 Å². The summed E-state index contributed by atoms with van der Waals surface area (Å²) in [5, 5.41) is 12.8. The van der Waals surface area contributed by atoms with Crippen molar-refractivity contribution >= 4 is 0 Å². The van der Waals surface area contributed by atoms with Crippen molar-refractivity contribution in [1.82, 2.24) is 5.32 Å². The summed E-state index contributed by atoms with van der Waals surface area (Å²) in [5.41, 5.74) is -0.352. The molecule has 0 saturated carbocycles. The Hall–Kier alpha value is -0.0800. The summed E-state index contributed by atoms with van der Waals surface area (Å²) < 4.78 is 0. The molecule has 1 heterocycles. The minimum absolute atomic E-state index is 0.352. The summed E-state index contributed by atoms with van der Waals surface area (Å²) in [7, 11) is 0. The Morgan fingerprint density at radius 1 is 1.45 bits per heavy atom. The average Bonchev–Trinajstić information content (AvgIpc) is 1.83. The quantitative estimate of drug-likeness (QED) is 0.641. The molecule has 11 heavy (non-hydrogen) atoms. The molecule has 1 fully saturated rings. The summed E-state index contributed by atoms with van der Waals surface area (Å²) in [6.07, 6.45) is 3.37. The first-order valence-corrected chi connectivity index (χ1v) is 4.55. The highest BCUT2D eigenvalue weighted by Crippen LogP contribution is 2.19. The van der Waals surface area contributed by atoms with Gasteiger partial charge in [0, 0.05) is 13.1 Å². The molecule has 1 aliphatic rings. The van der Waals surface area contributed by atoms with E-state index in [-0.39, 0.29) is 5.60 Å². The molecule has 0 aromatic rings. The second kappa shape index (κ2) is 3.55. The van der Waals surface area contributed by atoms with E-state index < -0.39 is 0 Å². The molecule has 1 rings (SSSR count). The van der Waals surface area contributed by atoms with Crippen LogP contribution in [0.15, 0.2) is 0 Å². The predicted octanol–water partition coefficient (Wildman–Crippen LogP) is 1.15. The number of β-amino-alcohol motifs (C(OH)–C–C–N with tert-alkyl or cyclic N) is 1. The number of hydrogen-bond donors (Lipinski definition) is 2. The van der Waals surface area contributed by atoms with Crippen molar-refractivity contribution < 1.29 is 5.11 Å². The fourth-order valence-corrected chi connectivity index (χ4v) is 1.43. The van der Waals surface area contributed by atoms with E-state index in [9.17, 15) is 5.11 Å². The summed E-state index contributed by atoms with van der Waals surface area (Å²) in [6.45, 7) is 6.04. The Labute approximate surface area is 69.0 Å². The molecule has 0 aromatic heterocycles. The van der Waals surface area contributed by atoms with Crippen LogP contribution in [-0.4, -0.2) is 23.8 Å². The van der Waals surface area contributed by atoms with Gasteiger partial charge in [-0.25, -0.2) is 0 Å². The molecule has 0 amide bonds. The maximum Gasteiger partial charge on any atom is 0.0895 e. The zero-order valence-electron chi connectivity index (χ0n) is 7.56. The van der Waals surface area contributed by atoms with Crippen LogP contribution in [0.4, 0.5) is 0 Å². The largest absolute Gasteiger partial charge is 0.387 e. The van der Waals surface area contributed by atoms with Crippen LogP contribution in [0.2, 0.25) is 0 Å². The summed E-state index contributed by atoms with van der Waals surface area (Å²) in [6, 6.07) is 0. The zero-order valence-corrected chi connectivity index (χ0v) is 7.56. The Kier molecular flexibility index (Phi) is 2.90. The monoisotopic (exact) mass is 157 g/mol. The summed E-state index contributed by atoms with van der Waals surface area (Å²) >= 11 is 0. The smallest absolute Gasteiger partial charge is 0.0895 e. The zero-order chi connectivity index (χ0) is 8.32. The van der Waals surface area contributed by atoms with E-state index in [2.05, 4.69) is 19.2 Å². The van der Waals surface area contributed by atoms with Gasteiger partial charge in [0.05, 0.1) is 5.60 Å². The van der Waals surface area contributed by atoms with Crippen LogP contribution in [0.25, 0.3) is 0 Å². The van der Waals surface area contributed by atoms with E-state index in [1.807, 2.05) is 0 Å². The standard InChI is InChI=1S/C9H19NO/c1-8(2)4-3-5-9(11)6-10-7-9/h8,10-11H,3-7H2,1-2H3. The molecule has 2 N–H and O–H groups in total. The Morgan fingerprint density at radius 3 is 2.45 bits per heavy atom. The van der Waals surface area contributed by atoms with Crippen molar-refractivity contribution in [2.75, 3.05) is 13.1 Å². The van der Waals surface area contributed by atoms with Crippen LogP contribution >= 0.6 is 0 Å². The third kappa shape index (κ3) is 2.80. The van der Waals surface area contributed by atoms with Crippen molar-refractivity contribution in [2.45, 2.75) is 38.7 Å². The van der Waals surface area contributed by atoms with Crippen molar-refractivity contribution in [3.05, 3.63) is 0 Å². The second-order valence-corrected chi connectivity index (χ2v) is 4.11. The molecule has 0 aliphatic carbocycles. The maximum absolute atomic E-state index is 9.66. The highest BCUT2D eigenvalue weighted by molar-refractivity contribution is 4.91. The molecule has 0 bridgehead atoms. The Bertz CT molecular complexity index is 119. The van der Waals surface area contributed by atoms with Crippen LogP contribution in [0.1, 0.15) is 33.1 Å². The van der Waals surface area contributed by atoms with Crippen LogP contribution in [0.3, 0.4) is 0 Å². The van der Waals surface area contributed by atoms with Crippen molar-refractivity contribution in [2.24, 2.45) is 5.92 Å². The van der Waals surface area contributed by atoms with E-state index >= 15 is 0 Å². The second-order valence-electron chi connectivity index (χ2n) is 4.11. The molecule has 1 aliphatic heterocycles. The van der Waals surface area contributed by atoms with Crippen LogP contribution in [-0.2, 0) is 0 Å². The number of aliphatic hydroxyl groups is 1. The maximum atomic E-state index is 9.66. The Balaban J connectivity index is 2.02. The van der Waals surface area contributed by atoms with Gasteiger partial charge in [-0.1, -0.05) is 26.7 Å². The van der Waals surface area contributed by atoms with Gasteiger partial charge < -0.3 is 10.4 Å². The van der Waals surface area contributed by atoms with Gasteiger partial charge >= 0.3 is 0 Å². The van der Waals surface area contributed by atoms with Crippen LogP contribution < -0.4 is 5.32 Å². The van der Waals surface area contributed by atoms with E-state index in [1.165, 1.54) is 6.42 Å². The molecular weight excluding hydrogens is 138 g/mol. The minimum atomic E-state index is -0.352. The molecule has 1 saturated heterocycles. The molecule has 2 heteroatoms. The molecule has 0 atom stereocenters. The van der Waals surface area contributed by atoms with Gasteiger partial charge in [-0.2, -0.15) is 0 Å². The van der Waals surface area contributed by atoms with Gasteiger partial charge in [-0.15, -0.1) is 0 Å². The van der Waals surface area contributed by atoms with Crippen LogP contribution in [0, 0.1) is 5.92 Å². The average molecular weight is 157 g/mol. The lowest BCUT2D eigenvalue weighted by molar-refractivity contribution is -0.0195. The van der Waals surface area contributed by atoms with Crippen LogP contribution in [0.5, 0.6) is 0 Å². The van der Waals surface area contributed by atoms with Gasteiger partial charge in [0.25, 0.3) is 0 Å². The van der Waals surface area contributed by atoms with E-state index in [0.29, 0.717) is 0 Å². The SMILES string of the molecule is CC(C)CCCC1(O)CNC1. The highest BCUT2D eigenvalue weighted by Gasteiger charge is 2.33. The normalized spacial score (nSPS) is 21.8. The molecule has 66 valence electrons. The van der Waals surface area contributed by atoms with Gasteiger partial charge in [0.2, 0.25) is 0 Å². The van der Waals surface area contributed by atoms with Gasteiger partial charge in [0.1, 0.15) is 0 Å². The molecule has 0 radical (unpaired) electrons. The lowest BCUT2D eigenvalue weighted by atomic mass is 9.89. The topological polar surface area (TPSA) is 32.3 Å². The molecule has 0 unspecified atom stereocenters. The molecule has 0 spiro atoms. The van der Waals surface area contributed by atoms with E-state index in [0.717, 1.165) is 31.8 Å².